The molecule has 2 N–H and O–H groups in total. The summed E-state index contributed by atoms with van der Waals surface area (Å²) in [7, 11) is 2.10. The molecule has 38 heavy (non-hydrogen) atoms. The monoisotopic (exact) mass is 511 g/mol. The van der Waals surface area contributed by atoms with Crippen LogP contribution in [0, 0.1) is 11.8 Å². The Bertz CT molecular complexity index is 1300. The first-order valence-corrected chi connectivity index (χ1v) is 13.0. The summed E-state index contributed by atoms with van der Waals surface area (Å²) in [5.41, 5.74) is 6.82. The molecule has 1 amide bonds. The minimum Gasteiger partial charge on any atom is -0.379 e. The van der Waals surface area contributed by atoms with Crippen molar-refractivity contribution in [3.05, 3.63) is 82.9 Å². The normalized spacial score (nSPS) is 16.5. The van der Waals surface area contributed by atoms with Crippen molar-refractivity contribution >= 4 is 11.7 Å². The number of hydrogen-bond acceptors (Lipinski definition) is 7. The van der Waals surface area contributed by atoms with Gasteiger partial charge in [-0.15, -0.1) is 0 Å². The highest BCUT2D eigenvalue weighted by Crippen LogP contribution is 2.24. The molecule has 0 bridgehead atoms. The number of hydrogen-bond donors (Lipinski definition) is 2. The fourth-order valence-electron chi connectivity index (χ4n) is 4.64. The zero-order valence-electron chi connectivity index (χ0n) is 21.7. The molecule has 3 heterocycles. The van der Waals surface area contributed by atoms with E-state index in [1.165, 1.54) is 5.56 Å². The predicted molar refractivity (Wildman–Crippen MR) is 147 cm³/mol. The number of anilines is 1. The maximum Gasteiger partial charge on any atom is 0.274 e. The molecule has 3 aromatic rings. The molecule has 2 aliphatic heterocycles. The van der Waals surface area contributed by atoms with Crippen LogP contribution in [0.2, 0.25) is 0 Å². The Morgan fingerprint density at radius 3 is 2.18 bits per heavy atom. The van der Waals surface area contributed by atoms with Crippen molar-refractivity contribution in [3.63, 3.8) is 0 Å². The van der Waals surface area contributed by atoms with E-state index in [2.05, 4.69) is 57.9 Å². The highest BCUT2D eigenvalue weighted by molar-refractivity contribution is 5.95. The number of pyridine rings is 1. The van der Waals surface area contributed by atoms with Gasteiger partial charge in [0, 0.05) is 68.1 Å². The van der Waals surface area contributed by atoms with Crippen LogP contribution in [0.4, 0.5) is 5.82 Å². The Kier molecular flexibility index (Phi) is 8.31. The van der Waals surface area contributed by atoms with E-state index < -0.39 is 5.91 Å². The van der Waals surface area contributed by atoms with Gasteiger partial charge >= 0.3 is 0 Å². The van der Waals surface area contributed by atoms with Gasteiger partial charge in [-0.05, 0) is 49.0 Å². The van der Waals surface area contributed by atoms with Crippen LogP contribution in [0.3, 0.4) is 0 Å². The quantitative estimate of drug-likeness (QED) is 0.310. The standard InChI is InChI=1S/C30H33N5O3/c1-33-12-14-35(15-13-33)29-21-27(30(36)32-37)20-28(31-29)26-10-8-24(9-11-26)3-2-23-4-6-25(7-5-23)22-34-16-18-38-19-17-34/h4-11,20-21,37H,12-19,22H2,1H3,(H,32,36). The molecular formula is C30H33N5O3. The van der Waals surface area contributed by atoms with Crippen molar-refractivity contribution < 1.29 is 14.7 Å². The average molecular weight is 512 g/mol. The maximum atomic E-state index is 12.2. The fourth-order valence-corrected chi connectivity index (χ4v) is 4.64. The molecular weight excluding hydrogens is 478 g/mol. The molecule has 5 rings (SSSR count). The predicted octanol–water partition coefficient (Wildman–Crippen LogP) is 2.85. The number of rotatable bonds is 5. The second-order valence-electron chi connectivity index (χ2n) is 9.74. The molecule has 2 aliphatic rings. The Hall–Kier alpha value is -3.74. The van der Waals surface area contributed by atoms with Crippen LogP contribution in [0.1, 0.15) is 27.0 Å². The molecule has 0 saturated carbocycles. The summed E-state index contributed by atoms with van der Waals surface area (Å²) in [6.45, 7) is 8.01. The van der Waals surface area contributed by atoms with Crippen LogP contribution in [0.15, 0.2) is 60.7 Å². The molecule has 2 aromatic carbocycles. The first-order valence-electron chi connectivity index (χ1n) is 13.0. The zero-order valence-corrected chi connectivity index (χ0v) is 21.7. The molecule has 1 aromatic heterocycles. The van der Waals surface area contributed by atoms with E-state index in [0.717, 1.165) is 81.5 Å². The molecule has 8 heteroatoms. The Labute approximate surface area is 223 Å². The van der Waals surface area contributed by atoms with Gasteiger partial charge in [-0.25, -0.2) is 10.5 Å². The van der Waals surface area contributed by atoms with Crippen LogP contribution < -0.4 is 10.4 Å². The third-order valence-corrected chi connectivity index (χ3v) is 7.00. The molecule has 0 atom stereocenters. The van der Waals surface area contributed by atoms with Crippen molar-refractivity contribution in [3.8, 4) is 23.1 Å². The second-order valence-corrected chi connectivity index (χ2v) is 9.74. The first-order chi connectivity index (χ1) is 18.6. The largest absolute Gasteiger partial charge is 0.379 e. The molecule has 2 saturated heterocycles. The number of benzene rings is 2. The van der Waals surface area contributed by atoms with Gasteiger partial charge < -0.3 is 14.5 Å². The summed E-state index contributed by atoms with van der Waals surface area (Å²) in [4.78, 5) is 23.9. The summed E-state index contributed by atoms with van der Waals surface area (Å²) >= 11 is 0. The summed E-state index contributed by atoms with van der Waals surface area (Å²) in [5.74, 6) is 6.67. The first kappa shape index (κ1) is 25.9. The minimum absolute atomic E-state index is 0.368. The van der Waals surface area contributed by atoms with E-state index in [4.69, 9.17) is 9.72 Å². The van der Waals surface area contributed by atoms with Crippen molar-refractivity contribution in [2.75, 3.05) is 64.4 Å². The van der Waals surface area contributed by atoms with Crippen molar-refractivity contribution in [1.82, 2.24) is 20.3 Å². The van der Waals surface area contributed by atoms with Gasteiger partial charge in [0.25, 0.3) is 5.91 Å². The molecule has 0 aliphatic carbocycles. The van der Waals surface area contributed by atoms with Gasteiger partial charge in [0.15, 0.2) is 0 Å². The number of likely N-dealkylation sites (N-methyl/N-ethyl adjacent to an activating group) is 1. The Morgan fingerprint density at radius 2 is 1.55 bits per heavy atom. The lowest BCUT2D eigenvalue weighted by molar-refractivity contribution is 0.0342. The van der Waals surface area contributed by atoms with Crippen LogP contribution in [-0.4, -0.2) is 85.4 Å². The number of carbonyl (C=O) groups excluding carboxylic acids is 1. The number of hydroxylamine groups is 1. The van der Waals surface area contributed by atoms with Crippen LogP contribution in [0.25, 0.3) is 11.3 Å². The third-order valence-electron chi connectivity index (χ3n) is 7.00. The van der Waals surface area contributed by atoms with Gasteiger partial charge in [-0.1, -0.05) is 36.1 Å². The van der Waals surface area contributed by atoms with Crippen LogP contribution >= 0.6 is 0 Å². The minimum atomic E-state index is -0.553. The molecule has 2 fully saturated rings. The highest BCUT2D eigenvalue weighted by atomic mass is 16.5. The number of nitrogens with one attached hydrogen (secondary N) is 1. The van der Waals surface area contributed by atoms with Gasteiger partial charge in [-0.3, -0.25) is 14.9 Å². The lowest BCUT2D eigenvalue weighted by atomic mass is 10.1. The zero-order chi connectivity index (χ0) is 26.3. The van der Waals surface area contributed by atoms with Gasteiger partial charge in [-0.2, -0.15) is 0 Å². The van der Waals surface area contributed by atoms with E-state index >= 15 is 0 Å². The second kappa shape index (κ2) is 12.2. The number of carbonyl (C=O) groups is 1. The van der Waals surface area contributed by atoms with Crippen molar-refractivity contribution in [2.45, 2.75) is 6.54 Å². The average Bonchev–Trinajstić information content (AvgIpc) is 2.97. The number of aromatic nitrogens is 1. The molecule has 196 valence electrons. The van der Waals surface area contributed by atoms with E-state index in [1.54, 1.807) is 17.6 Å². The molecule has 0 spiro atoms. The lowest BCUT2D eigenvalue weighted by Crippen LogP contribution is -2.45. The smallest absolute Gasteiger partial charge is 0.274 e. The topological polar surface area (TPSA) is 81.2 Å². The Morgan fingerprint density at radius 1 is 0.921 bits per heavy atom. The van der Waals surface area contributed by atoms with Crippen molar-refractivity contribution in [1.29, 1.82) is 0 Å². The number of amides is 1. The Balaban J connectivity index is 1.30. The number of nitrogens with zero attached hydrogens (tertiary/aromatic N) is 4. The molecule has 8 nitrogen and oxygen atoms in total. The van der Waals surface area contributed by atoms with Gasteiger partial charge in [0.2, 0.25) is 0 Å². The fraction of sp³-hybridized carbons (Fsp3) is 0.333. The maximum absolute atomic E-state index is 12.2. The van der Waals surface area contributed by atoms with E-state index in [1.807, 2.05) is 24.3 Å². The van der Waals surface area contributed by atoms with Crippen molar-refractivity contribution in [2.24, 2.45) is 0 Å². The summed E-state index contributed by atoms with van der Waals surface area (Å²) < 4.78 is 5.42. The van der Waals surface area contributed by atoms with E-state index in [0.29, 0.717) is 11.3 Å². The number of morpholine rings is 1. The number of piperazine rings is 1. The summed E-state index contributed by atoms with van der Waals surface area (Å²) in [6.07, 6.45) is 0. The molecule has 0 unspecified atom stereocenters. The SMILES string of the molecule is CN1CCN(c2cc(C(=O)NO)cc(-c3ccc(C#Cc4ccc(CN5CCOCC5)cc4)cc3)n2)CC1. The third kappa shape index (κ3) is 6.57. The van der Waals surface area contributed by atoms with Crippen LogP contribution in [0.5, 0.6) is 0 Å². The number of ether oxygens (including phenoxy) is 1. The van der Waals surface area contributed by atoms with Gasteiger partial charge in [0.1, 0.15) is 5.82 Å². The molecule has 0 radical (unpaired) electrons. The van der Waals surface area contributed by atoms with E-state index in [9.17, 15) is 10.0 Å². The summed E-state index contributed by atoms with van der Waals surface area (Å²) in [5, 5.41) is 9.20. The van der Waals surface area contributed by atoms with Gasteiger partial charge in [0.05, 0.1) is 18.9 Å². The highest BCUT2D eigenvalue weighted by Gasteiger charge is 2.19. The lowest BCUT2D eigenvalue weighted by Gasteiger charge is -2.33. The summed E-state index contributed by atoms with van der Waals surface area (Å²) in [6, 6.07) is 19.7. The van der Waals surface area contributed by atoms with E-state index in [-0.39, 0.29) is 0 Å². The van der Waals surface area contributed by atoms with Crippen LogP contribution in [-0.2, 0) is 11.3 Å².